The molecule has 1 heterocycles. The molecule has 1 fully saturated rings. The van der Waals surface area contributed by atoms with Crippen LogP contribution in [0.15, 0.2) is 30.3 Å². The number of carbonyl (C=O) groups excluding carboxylic acids is 2. The third-order valence-corrected chi connectivity index (χ3v) is 4.75. The lowest BCUT2D eigenvalue weighted by atomic mass is 10.1. The molecule has 0 saturated carbocycles. The Morgan fingerprint density at radius 2 is 1.67 bits per heavy atom. The molecule has 132 valence electrons. The Bertz CT molecular complexity index is 525. The molecule has 0 aromatic heterocycles. The number of amides is 1. The second-order valence-corrected chi connectivity index (χ2v) is 6.29. The van der Waals surface area contributed by atoms with Gasteiger partial charge in [-0.3, -0.25) is 14.5 Å². The van der Waals surface area contributed by atoms with Crippen molar-refractivity contribution in [1.29, 1.82) is 0 Å². The van der Waals surface area contributed by atoms with Crippen molar-refractivity contribution < 1.29 is 14.3 Å². The SMILES string of the molecule is COC(=O)CCCCC(=O)N1CCN(C(C)c2ccccc2)CC1. The quantitative estimate of drug-likeness (QED) is 0.569. The molecule has 1 aliphatic heterocycles. The summed E-state index contributed by atoms with van der Waals surface area (Å²) in [6, 6.07) is 10.9. The highest BCUT2D eigenvalue weighted by molar-refractivity contribution is 5.76. The van der Waals surface area contributed by atoms with Crippen LogP contribution in [-0.4, -0.2) is 55.0 Å². The summed E-state index contributed by atoms with van der Waals surface area (Å²) < 4.78 is 4.60. The largest absolute Gasteiger partial charge is 0.469 e. The summed E-state index contributed by atoms with van der Waals surface area (Å²) in [6.45, 7) is 5.60. The number of ether oxygens (including phenoxy) is 1. The van der Waals surface area contributed by atoms with Gasteiger partial charge in [0.05, 0.1) is 7.11 Å². The molecule has 0 bridgehead atoms. The van der Waals surface area contributed by atoms with Gasteiger partial charge in [0.25, 0.3) is 0 Å². The molecule has 0 aliphatic carbocycles. The summed E-state index contributed by atoms with van der Waals surface area (Å²) in [7, 11) is 1.39. The minimum atomic E-state index is -0.203. The second kappa shape index (κ2) is 9.42. The van der Waals surface area contributed by atoms with Crippen LogP contribution >= 0.6 is 0 Å². The van der Waals surface area contributed by atoms with E-state index in [-0.39, 0.29) is 11.9 Å². The number of nitrogens with zero attached hydrogens (tertiary/aromatic N) is 2. The number of esters is 1. The summed E-state index contributed by atoms with van der Waals surface area (Å²) in [5.74, 6) is -0.00200. The predicted octanol–water partition coefficient (Wildman–Crippen LogP) is 2.63. The van der Waals surface area contributed by atoms with Crippen LogP contribution < -0.4 is 0 Å². The first kappa shape index (κ1) is 18.5. The first-order chi connectivity index (χ1) is 11.6. The van der Waals surface area contributed by atoms with Crippen molar-refractivity contribution in [2.45, 2.75) is 38.6 Å². The van der Waals surface area contributed by atoms with E-state index >= 15 is 0 Å². The van der Waals surface area contributed by atoms with Crippen molar-refractivity contribution in [3.63, 3.8) is 0 Å². The number of carbonyl (C=O) groups is 2. The first-order valence-corrected chi connectivity index (χ1v) is 8.75. The number of unbranched alkanes of at least 4 members (excludes halogenated alkanes) is 1. The summed E-state index contributed by atoms with van der Waals surface area (Å²) in [6.07, 6.45) is 2.37. The Morgan fingerprint density at radius 1 is 1.04 bits per heavy atom. The lowest BCUT2D eigenvalue weighted by Crippen LogP contribution is -2.49. The van der Waals surface area contributed by atoms with Gasteiger partial charge in [0, 0.05) is 45.1 Å². The molecule has 5 nitrogen and oxygen atoms in total. The van der Waals surface area contributed by atoms with Gasteiger partial charge in [-0.2, -0.15) is 0 Å². The zero-order chi connectivity index (χ0) is 17.4. The normalized spacial score (nSPS) is 16.7. The summed E-state index contributed by atoms with van der Waals surface area (Å²) >= 11 is 0. The minimum Gasteiger partial charge on any atom is -0.469 e. The third-order valence-electron chi connectivity index (χ3n) is 4.75. The second-order valence-electron chi connectivity index (χ2n) is 6.29. The summed E-state index contributed by atoms with van der Waals surface area (Å²) in [4.78, 5) is 27.7. The van der Waals surface area contributed by atoms with Crippen LogP contribution in [0.4, 0.5) is 0 Å². The Morgan fingerprint density at radius 3 is 2.29 bits per heavy atom. The fourth-order valence-electron chi connectivity index (χ4n) is 3.11. The number of piperazine rings is 1. The molecule has 1 saturated heterocycles. The Balaban J connectivity index is 1.70. The predicted molar refractivity (Wildman–Crippen MR) is 93.5 cm³/mol. The van der Waals surface area contributed by atoms with Gasteiger partial charge in [-0.1, -0.05) is 30.3 Å². The zero-order valence-corrected chi connectivity index (χ0v) is 14.7. The van der Waals surface area contributed by atoms with Crippen molar-refractivity contribution in [2.75, 3.05) is 33.3 Å². The van der Waals surface area contributed by atoms with Gasteiger partial charge in [0.1, 0.15) is 0 Å². The topological polar surface area (TPSA) is 49.9 Å². The third kappa shape index (κ3) is 5.34. The van der Waals surface area contributed by atoms with E-state index < -0.39 is 0 Å². The fraction of sp³-hybridized carbons (Fsp3) is 0.579. The van der Waals surface area contributed by atoms with Gasteiger partial charge in [0.15, 0.2) is 0 Å². The van der Waals surface area contributed by atoms with E-state index in [1.807, 2.05) is 11.0 Å². The van der Waals surface area contributed by atoms with Crippen molar-refractivity contribution in [3.8, 4) is 0 Å². The van der Waals surface area contributed by atoms with E-state index in [9.17, 15) is 9.59 Å². The van der Waals surface area contributed by atoms with E-state index in [4.69, 9.17) is 0 Å². The molecule has 24 heavy (non-hydrogen) atoms. The molecule has 0 radical (unpaired) electrons. The standard InChI is InChI=1S/C19H28N2O3/c1-16(17-8-4-3-5-9-17)20-12-14-21(15-13-20)18(22)10-6-7-11-19(23)24-2/h3-5,8-9,16H,6-7,10-15H2,1-2H3. The molecular weight excluding hydrogens is 304 g/mol. The minimum absolute atomic E-state index is 0.201. The van der Waals surface area contributed by atoms with E-state index in [2.05, 4.69) is 40.8 Å². The summed E-state index contributed by atoms with van der Waals surface area (Å²) in [5.41, 5.74) is 1.32. The van der Waals surface area contributed by atoms with Crippen molar-refractivity contribution in [3.05, 3.63) is 35.9 Å². The molecule has 1 aromatic carbocycles. The molecule has 2 rings (SSSR count). The highest BCUT2D eigenvalue weighted by Gasteiger charge is 2.24. The average molecular weight is 332 g/mol. The van der Waals surface area contributed by atoms with Gasteiger partial charge in [0.2, 0.25) is 5.91 Å². The number of benzene rings is 1. The maximum atomic E-state index is 12.3. The number of methoxy groups -OCH3 is 1. The highest BCUT2D eigenvalue weighted by atomic mass is 16.5. The Kier molecular flexibility index (Phi) is 7.25. The van der Waals surface area contributed by atoms with Crippen LogP contribution in [0.2, 0.25) is 0 Å². The van der Waals surface area contributed by atoms with Gasteiger partial charge >= 0.3 is 5.97 Å². The maximum Gasteiger partial charge on any atom is 0.305 e. The molecule has 1 aromatic rings. The van der Waals surface area contributed by atoms with Gasteiger partial charge in [-0.15, -0.1) is 0 Å². The van der Waals surface area contributed by atoms with Gasteiger partial charge < -0.3 is 9.64 Å². The Labute approximate surface area is 144 Å². The molecule has 1 unspecified atom stereocenters. The van der Waals surface area contributed by atoms with Crippen LogP contribution in [0.25, 0.3) is 0 Å². The first-order valence-electron chi connectivity index (χ1n) is 8.75. The number of hydrogen-bond donors (Lipinski definition) is 0. The van der Waals surface area contributed by atoms with Crippen LogP contribution in [-0.2, 0) is 14.3 Å². The Hall–Kier alpha value is -1.88. The molecule has 1 aliphatic rings. The van der Waals surface area contributed by atoms with E-state index in [0.29, 0.717) is 25.3 Å². The maximum absolute atomic E-state index is 12.3. The molecule has 1 atom stereocenters. The number of rotatable bonds is 7. The van der Waals surface area contributed by atoms with E-state index in [1.165, 1.54) is 12.7 Å². The highest BCUT2D eigenvalue weighted by Crippen LogP contribution is 2.21. The van der Waals surface area contributed by atoms with E-state index in [0.717, 1.165) is 32.6 Å². The lowest BCUT2D eigenvalue weighted by molar-refractivity contribution is -0.141. The molecule has 5 heteroatoms. The summed E-state index contributed by atoms with van der Waals surface area (Å²) in [5, 5.41) is 0. The average Bonchev–Trinajstić information content (AvgIpc) is 2.65. The van der Waals surface area contributed by atoms with Crippen LogP contribution in [0.5, 0.6) is 0 Å². The van der Waals surface area contributed by atoms with Crippen LogP contribution in [0, 0.1) is 0 Å². The lowest BCUT2D eigenvalue weighted by Gasteiger charge is -2.38. The van der Waals surface area contributed by atoms with E-state index in [1.54, 1.807) is 0 Å². The molecule has 0 spiro atoms. The van der Waals surface area contributed by atoms with Crippen LogP contribution in [0.3, 0.4) is 0 Å². The van der Waals surface area contributed by atoms with Gasteiger partial charge in [-0.05, 0) is 25.3 Å². The van der Waals surface area contributed by atoms with Gasteiger partial charge in [-0.25, -0.2) is 0 Å². The van der Waals surface area contributed by atoms with Crippen LogP contribution in [0.1, 0.15) is 44.2 Å². The smallest absolute Gasteiger partial charge is 0.305 e. The monoisotopic (exact) mass is 332 g/mol. The zero-order valence-electron chi connectivity index (χ0n) is 14.7. The van der Waals surface area contributed by atoms with Crippen molar-refractivity contribution in [1.82, 2.24) is 9.80 Å². The fourth-order valence-corrected chi connectivity index (χ4v) is 3.11. The molecule has 1 amide bonds. The molecule has 0 N–H and O–H groups in total. The molecular formula is C19H28N2O3. The van der Waals surface area contributed by atoms with Crippen molar-refractivity contribution >= 4 is 11.9 Å². The van der Waals surface area contributed by atoms with Crippen molar-refractivity contribution in [2.24, 2.45) is 0 Å². The number of hydrogen-bond acceptors (Lipinski definition) is 4.